The van der Waals surface area contributed by atoms with E-state index in [0.717, 1.165) is 0 Å². The standard InChI is InChI=1S/C20H23F6N3O5/c21-19(22,23)32-5-10-1-11(2-10)15-28-29-16(33-15)17-7-18(8-17,9-17)27-14(30)6-31-12-3-13(4-12)34-20(24,25)26/h10-13H,1-9H2,(H,27,30). The monoisotopic (exact) mass is 499 g/mol. The van der Waals surface area contributed by atoms with Crippen LogP contribution in [0.5, 0.6) is 0 Å². The first-order valence-corrected chi connectivity index (χ1v) is 11.0. The van der Waals surface area contributed by atoms with E-state index in [4.69, 9.17) is 9.15 Å². The number of hydrogen-bond acceptors (Lipinski definition) is 7. The molecule has 2 bridgehead atoms. The van der Waals surface area contributed by atoms with Crippen molar-refractivity contribution in [3.8, 4) is 0 Å². The zero-order valence-corrected chi connectivity index (χ0v) is 17.9. The fourth-order valence-corrected chi connectivity index (χ4v) is 5.51. The van der Waals surface area contributed by atoms with Gasteiger partial charge in [0.2, 0.25) is 17.7 Å². The van der Waals surface area contributed by atoms with Gasteiger partial charge in [0.15, 0.2) is 0 Å². The summed E-state index contributed by atoms with van der Waals surface area (Å²) in [6.07, 6.45) is -7.59. The number of nitrogens with zero attached hydrogens (tertiary/aromatic N) is 2. The van der Waals surface area contributed by atoms with E-state index >= 15 is 0 Å². The Labute approximate surface area is 189 Å². The van der Waals surface area contributed by atoms with Gasteiger partial charge in [0.25, 0.3) is 0 Å². The average Bonchev–Trinajstić information content (AvgIpc) is 3.04. The molecule has 8 nitrogen and oxygen atoms in total. The zero-order valence-electron chi connectivity index (χ0n) is 17.9. The summed E-state index contributed by atoms with van der Waals surface area (Å²) >= 11 is 0. The number of rotatable bonds is 9. The van der Waals surface area contributed by atoms with E-state index in [0.29, 0.717) is 43.9 Å². The van der Waals surface area contributed by atoms with Gasteiger partial charge in [0.05, 0.1) is 24.2 Å². The van der Waals surface area contributed by atoms with Crippen LogP contribution >= 0.6 is 0 Å². The van der Waals surface area contributed by atoms with Crippen LogP contribution in [0.1, 0.15) is 62.6 Å². The van der Waals surface area contributed by atoms with Gasteiger partial charge in [-0.25, -0.2) is 0 Å². The van der Waals surface area contributed by atoms with Crippen molar-refractivity contribution in [2.75, 3.05) is 13.2 Å². The van der Waals surface area contributed by atoms with Crippen LogP contribution in [-0.2, 0) is 24.4 Å². The Kier molecular flexibility index (Phi) is 5.63. The maximum Gasteiger partial charge on any atom is 0.522 e. The summed E-state index contributed by atoms with van der Waals surface area (Å²) in [4.78, 5) is 12.2. The van der Waals surface area contributed by atoms with E-state index < -0.39 is 24.9 Å². The normalized spacial score (nSPS) is 36.6. The summed E-state index contributed by atoms with van der Waals surface area (Å²) in [6.45, 7) is -0.608. The second kappa shape index (κ2) is 8.05. The smallest absolute Gasteiger partial charge is 0.424 e. The predicted molar refractivity (Wildman–Crippen MR) is 98.1 cm³/mol. The molecule has 0 aliphatic heterocycles. The molecular weight excluding hydrogens is 476 g/mol. The van der Waals surface area contributed by atoms with Crippen LogP contribution in [0.15, 0.2) is 4.42 Å². The van der Waals surface area contributed by atoms with E-state index in [1.807, 2.05) is 0 Å². The molecule has 5 aliphatic rings. The Morgan fingerprint density at radius 2 is 1.68 bits per heavy atom. The van der Waals surface area contributed by atoms with Crippen LogP contribution < -0.4 is 5.32 Å². The Morgan fingerprint density at radius 3 is 2.29 bits per heavy atom. The molecule has 1 aromatic heterocycles. The molecule has 0 spiro atoms. The van der Waals surface area contributed by atoms with Gasteiger partial charge < -0.3 is 14.5 Å². The minimum absolute atomic E-state index is 0.0751. The van der Waals surface area contributed by atoms with Crippen LogP contribution in [0.3, 0.4) is 0 Å². The number of amides is 1. The molecule has 0 aromatic carbocycles. The molecule has 0 unspecified atom stereocenters. The third-order valence-corrected chi connectivity index (χ3v) is 7.20. The summed E-state index contributed by atoms with van der Waals surface area (Å²) < 4.78 is 91.6. The molecule has 0 atom stereocenters. The number of hydrogen-bond donors (Lipinski definition) is 1. The van der Waals surface area contributed by atoms with Crippen molar-refractivity contribution in [3.05, 3.63) is 11.8 Å². The van der Waals surface area contributed by atoms with Gasteiger partial charge in [0.1, 0.15) is 6.61 Å². The average molecular weight is 499 g/mol. The van der Waals surface area contributed by atoms with E-state index in [2.05, 4.69) is 25.0 Å². The maximum atomic E-state index is 12.2. The van der Waals surface area contributed by atoms with Crippen molar-refractivity contribution < 1.29 is 49.8 Å². The van der Waals surface area contributed by atoms with Crippen LogP contribution in [0.2, 0.25) is 0 Å². The summed E-state index contributed by atoms with van der Waals surface area (Å²) in [5, 5.41) is 11.1. The SMILES string of the molecule is O=C(COC1CC(OC(F)(F)F)C1)NC12CC(c3nnc(C4CC(COC(F)(F)F)C4)o3)(C1)C2. The van der Waals surface area contributed by atoms with Crippen molar-refractivity contribution in [2.24, 2.45) is 5.92 Å². The van der Waals surface area contributed by atoms with Crippen LogP contribution in [-0.4, -0.2) is 59.8 Å². The number of alkyl halides is 6. The molecule has 5 saturated carbocycles. The number of carbonyl (C=O) groups excluding carboxylic acids is 1. The lowest BCUT2D eigenvalue weighted by molar-refractivity contribution is -0.357. The molecule has 34 heavy (non-hydrogen) atoms. The second-order valence-corrected chi connectivity index (χ2v) is 9.97. The minimum Gasteiger partial charge on any atom is -0.424 e. The minimum atomic E-state index is -4.67. The molecule has 1 heterocycles. The topological polar surface area (TPSA) is 95.7 Å². The van der Waals surface area contributed by atoms with Gasteiger partial charge in [-0.15, -0.1) is 36.5 Å². The molecule has 5 aliphatic carbocycles. The second-order valence-electron chi connectivity index (χ2n) is 9.97. The quantitative estimate of drug-likeness (QED) is 0.520. The van der Waals surface area contributed by atoms with Crippen molar-refractivity contribution in [3.63, 3.8) is 0 Å². The number of ether oxygens (including phenoxy) is 3. The van der Waals surface area contributed by atoms with Crippen molar-refractivity contribution >= 4 is 5.91 Å². The lowest BCUT2D eigenvalue weighted by Gasteiger charge is -2.68. The summed E-state index contributed by atoms with van der Waals surface area (Å²) in [7, 11) is 0. The van der Waals surface area contributed by atoms with Crippen LogP contribution in [0, 0.1) is 5.92 Å². The van der Waals surface area contributed by atoms with E-state index in [-0.39, 0.29) is 54.8 Å². The number of nitrogens with one attached hydrogen (secondary N) is 1. The van der Waals surface area contributed by atoms with Gasteiger partial charge >= 0.3 is 12.7 Å². The Bertz CT molecular complexity index is 903. The van der Waals surface area contributed by atoms with Crippen LogP contribution in [0.4, 0.5) is 26.3 Å². The van der Waals surface area contributed by atoms with Crippen molar-refractivity contribution in [2.45, 2.75) is 86.8 Å². The molecule has 190 valence electrons. The van der Waals surface area contributed by atoms with Gasteiger partial charge in [-0.2, -0.15) is 0 Å². The highest BCUT2D eigenvalue weighted by Crippen LogP contribution is 2.67. The molecule has 1 aromatic rings. The van der Waals surface area contributed by atoms with E-state index in [9.17, 15) is 31.1 Å². The number of halogens is 6. The molecule has 6 rings (SSSR count). The first kappa shape index (κ1) is 23.8. The third kappa shape index (κ3) is 4.89. The number of aromatic nitrogens is 2. The molecule has 0 saturated heterocycles. The fraction of sp³-hybridized carbons (Fsp3) is 0.850. The first-order valence-electron chi connectivity index (χ1n) is 11.0. The molecule has 5 fully saturated rings. The zero-order chi connectivity index (χ0) is 24.4. The molecule has 0 radical (unpaired) electrons. The number of carbonyl (C=O) groups is 1. The van der Waals surface area contributed by atoms with Gasteiger partial charge in [-0.1, -0.05) is 0 Å². The largest absolute Gasteiger partial charge is 0.522 e. The van der Waals surface area contributed by atoms with Crippen LogP contribution in [0.25, 0.3) is 0 Å². The van der Waals surface area contributed by atoms with Crippen molar-refractivity contribution in [1.29, 1.82) is 0 Å². The fourth-order valence-electron chi connectivity index (χ4n) is 5.51. The molecule has 14 heteroatoms. The highest BCUT2D eigenvalue weighted by Gasteiger charge is 2.72. The van der Waals surface area contributed by atoms with Gasteiger partial charge in [-0.3, -0.25) is 14.3 Å². The first-order chi connectivity index (χ1) is 15.8. The Hall–Kier alpha value is -1.93. The molecule has 1 N–H and O–H groups in total. The highest BCUT2D eigenvalue weighted by molar-refractivity contribution is 5.79. The maximum absolute atomic E-state index is 12.2. The van der Waals surface area contributed by atoms with E-state index in [1.54, 1.807) is 0 Å². The summed E-state index contributed by atoms with van der Waals surface area (Å²) in [5.74, 6) is 0.300. The summed E-state index contributed by atoms with van der Waals surface area (Å²) in [6, 6.07) is 0. The summed E-state index contributed by atoms with van der Waals surface area (Å²) in [5.41, 5.74) is -0.662. The highest BCUT2D eigenvalue weighted by atomic mass is 19.4. The van der Waals surface area contributed by atoms with Gasteiger partial charge in [-0.05, 0) is 38.0 Å². The molecule has 1 amide bonds. The molecular formula is C20H23F6N3O5. The Balaban J connectivity index is 0.999. The van der Waals surface area contributed by atoms with Crippen molar-refractivity contribution in [1.82, 2.24) is 15.5 Å². The Morgan fingerprint density at radius 1 is 1.00 bits per heavy atom. The lowest BCUT2D eigenvalue weighted by atomic mass is 9.39. The third-order valence-electron chi connectivity index (χ3n) is 7.20. The van der Waals surface area contributed by atoms with E-state index in [1.165, 1.54) is 0 Å². The van der Waals surface area contributed by atoms with Gasteiger partial charge in [0, 0.05) is 24.3 Å². The predicted octanol–water partition coefficient (Wildman–Crippen LogP) is 3.47. The lowest BCUT2D eigenvalue weighted by Crippen LogP contribution is -2.77.